The lowest BCUT2D eigenvalue weighted by atomic mass is 10.3. The smallest absolute Gasteiger partial charge is 0.233 e. The number of amides is 1. The Morgan fingerprint density at radius 1 is 1.26 bits per heavy atom. The molecular formula is C16H25ClN4OS. The zero-order chi connectivity index (χ0) is 16.7. The highest BCUT2D eigenvalue weighted by Crippen LogP contribution is 2.23. The molecule has 1 saturated heterocycles. The van der Waals surface area contributed by atoms with Gasteiger partial charge in [-0.3, -0.25) is 4.79 Å². The Morgan fingerprint density at radius 2 is 1.91 bits per heavy atom. The SMILES string of the molecule is CCCN(CCC)c1cc(Cl)nc(SCC(=O)N2CCCC2)n1. The number of hydrogen-bond acceptors (Lipinski definition) is 5. The summed E-state index contributed by atoms with van der Waals surface area (Å²) in [4.78, 5) is 25.1. The second-order valence-electron chi connectivity index (χ2n) is 5.70. The van der Waals surface area contributed by atoms with Crippen molar-refractivity contribution in [3.8, 4) is 0 Å². The van der Waals surface area contributed by atoms with E-state index in [1.165, 1.54) is 11.8 Å². The van der Waals surface area contributed by atoms with Crippen LogP contribution in [0.5, 0.6) is 0 Å². The molecule has 23 heavy (non-hydrogen) atoms. The molecule has 0 radical (unpaired) electrons. The number of anilines is 1. The summed E-state index contributed by atoms with van der Waals surface area (Å²) in [5, 5.41) is 1.01. The fourth-order valence-corrected chi connectivity index (χ4v) is 3.66. The fraction of sp³-hybridized carbons (Fsp3) is 0.688. The van der Waals surface area contributed by atoms with E-state index in [2.05, 4.69) is 28.7 Å². The molecule has 0 bridgehead atoms. The molecule has 1 aliphatic heterocycles. The number of rotatable bonds is 8. The van der Waals surface area contributed by atoms with Gasteiger partial charge in [0.05, 0.1) is 5.75 Å². The summed E-state index contributed by atoms with van der Waals surface area (Å²) in [5.74, 6) is 1.39. The monoisotopic (exact) mass is 356 g/mol. The van der Waals surface area contributed by atoms with Gasteiger partial charge in [0.25, 0.3) is 0 Å². The summed E-state index contributed by atoms with van der Waals surface area (Å²) in [6.45, 7) is 7.94. The first kappa shape index (κ1) is 18.3. The maximum absolute atomic E-state index is 12.1. The lowest BCUT2D eigenvalue weighted by molar-refractivity contribution is -0.127. The van der Waals surface area contributed by atoms with Gasteiger partial charge >= 0.3 is 0 Å². The van der Waals surface area contributed by atoms with E-state index in [1.54, 1.807) is 6.07 Å². The molecule has 0 spiro atoms. The number of thioether (sulfide) groups is 1. The maximum atomic E-state index is 12.1. The average molecular weight is 357 g/mol. The molecule has 128 valence electrons. The number of halogens is 1. The van der Waals surface area contributed by atoms with E-state index in [0.29, 0.717) is 16.1 Å². The van der Waals surface area contributed by atoms with Gasteiger partial charge in [0, 0.05) is 32.2 Å². The quantitative estimate of drug-likeness (QED) is 0.405. The van der Waals surface area contributed by atoms with Gasteiger partial charge in [-0.2, -0.15) is 0 Å². The Morgan fingerprint density at radius 3 is 2.52 bits per heavy atom. The minimum atomic E-state index is 0.164. The van der Waals surface area contributed by atoms with Crippen LogP contribution in [0, 0.1) is 0 Å². The van der Waals surface area contributed by atoms with E-state index >= 15 is 0 Å². The second kappa shape index (κ2) is 9.33. The number of carbonyl (C=O) groups is 1. The zero-order valence-electron chi connectivity index (χ0n) is 13.9. The standard InChI is InChI=1S/C16H25ClN4OS/c1-3-7-20(8-4-2)14-11-13(17)18-16(19-14)23-12-15(22)21-9-5-6-10-21/h11H,3-10,12H2,1-2H3. The molecule has 0 unspecified atom stereocenters. The van der Waals surface area contributed by atoms with Crippen LogP contribution >= 0.6 is 23.4 Å². The number of nitrogens with zero attached hydrogens (tertiary/aromatic N) is 4. The van der Waals surface area contributed by atoms with E-state index in [4.69, 9.17) is 11.6 Å². The van der Waals surface area contributed by atoms with Crippen molar-refractivity contribution in [3.63, 3.8) is 0 Å². The summed E-state index contributed by atoms with van der Waals surface area (Å²) >= 11 is 7.52. The molecule has 1 aromatic rings. The number of likely N-dealkylation sites (tertiary alicyclic amines) is 1. The molecule has 0 atom stereocenters. The highest BCUT2D eigenvalue weighted by atomic mass is 35.5. The predicted molar refractivity (Wildman–Crippen MR) is 96.4 cm³/mol. The van der Waals surface area contributed by atoms with Gasteiger partial charge in [0.2, 0.25) is 5.91 Å². The highest BCUT2D eigenvalue weighted by molar-refractivity contribution is 7.99. The van der Waals surface area contributed by atoms with Crippen molar-refractivity contribution in [2.45, 2.75) is 44.7 Å². The third-order valence-electron chi connectivity index (χ3n) is 3.76. The van der Waals surface area contributed by atoms with Gasteiger partial charge in [0.15, 0.2) is 5.16 Å². The van der Waals surface area contributed by atoms with E-state index in [-0.39, 0.29) is 5.91 Å². The summed E-state index contributed by atoms with van der Waals surface area (Å²) in [6, 6.07) is 1.80. The second-order valence-corrected chi connectivity index (χ2v) is 7.02. The van der Waals surface area contributed by atoms with Gasteiger partial charge in [-0.05, 0) is 25.7 Å². The summed E-state index contributed by atoms with van der Waals surface area (Å²) in [7, 11) is 0. The van der Waals surface area contributed by atoms with Gasteiger partial charge in [0.1, 0.15) is 11.0 Å². The van der Waals surface area contributed by atoms with Gasteiger partial charge in [-0.15, -0.1) is 0 Å². The van der Waals surface area contributed by atoms with Crippen molar-refractivity contribution < 1.29 is 4.79 Å². The molecule has 0 N–H and O–H groups in total. The predicted octanol–water partition coefficient (Wildman–Crippen LogP) is 3.47. The van der Waals surface area contributed by atoms with E-state index in [9.17, 15) is 4.79 Å². The summed E-state index contributed by atoms with van der Waals surface area (Å²) in [6.07, 6.45) is 4.32. The Bertz CT molecular complexity index is 517. The first-order chi connectivity index (χ1) is 11.1. The lowest BCUT2D eigenvalue weighted by Crippen LogP contribution is -2.29. The van der Waals surface area contributed by atoms with Crippen molar-refractivity contribution in [1.29, 1.82) is 0 Å². The van der Waals surface area contributed by atoms with Crippen molar-refractivity contribution in [2.75, 3.05) is 36.8 Å². The molecule has 1 amide bonds. The molecule has 2 rings (SSSR count). The fourth-order valence-electron chi connectivity index (χ4n) is 2.68. The Labute approximate surface area is 147 Å². The number of carbonyl (C=O) groups excluding carboxylic acids is 1. The molecule has 1 fully saturated rings. The molecule has 0 aromatic carbocycles. The highest BCUT2D eigenvalue weighted by Gasteiger charge is 2.19. The molecule has 0 aliphatic carbocycles. The lowest BCUT2D eigenvalue weighted by Gasteiger charge is -2.23. The van der Waals surface area contributed by atoms with Crippen LogP contribution in [0.15, 0.2) is 11.2 Å². The molecule has 1 aromatic heterocycles. The molecule has 5 nitrogen and oxygen atoms in total. The zero-order valence-corrected chi connectivity index (χ0v) is 15.5. The van der Waals surface area contributed by atoms with Crippen LogP contribution in [0.2, 0.25) is 5.15 Å². The van der Waals surface area contributed by atoms with Crippen molar-refractivity contribution in [3.05, 3.63) is 11.2 Å². The Hall–Kier alpha value is -1.01. The van der Waals surface area contributed by atoms with Crippen LogP contribution in [0.4, 0.5) is 5.82 Å². The third kappa shape index (κ3) is 5.53. The van der Waals surface area contributed by atoms with Gasteiger partial charge in [-0.25, -0.2) is 9.97 Å². The Balaban J connectivity index is 2.02. The van der Waals surface area contributed by atoms with E-state index in [0.717, 1.165) is 57.7 Å². The molecule has 7 heteroatoms. The largest absolute Gasteiger partial charge is 0.356 e. The van der Waals surface area contributed by atoms with Crippen LogP contribution in [0.25, 0.3) is 0 Å². The Kier molecular flexibility index (Phi) is 7.43. The first-order valence-electron chi connectivity index (χ1n) is 8.34. The van der Waals surface area contributed by atoms with Crippen LogP contribution < -0.4 is 4.90 Å². The van der Waals surface area contributed by atoms with Gasteiger partial charge < -0.3 is 9.80 Å². The number of hydrogen-bond donors (Lipinski definition) is 0. The van der Waals surface area contributed by atoms with Crippen molar-refractivity contribution in [1.82, 2.24) is 14.9 Å². The van der Waals surface area contributed by atoms with E-state index in [1.807, 2.05) is 4.90 Å². The van der Waals surface area contributed by atoms with Crippen LogP contribution in [0.3, 0.4) is 0 Å². The molecular weight excluding hydrogens is 332 g/mol. The first-order valence-corrected chi connectivity index (χ1v) is 9.70. The molecule has 0 saturated carbocycles. The minimum absolute atomic E-state index is 0.164. The van der Waals surface area contributed by atoms with Crippen molar-refractivity contribution >= 4 is 35.1 Å². The van der Waals surface area contributed by atoms with E-state index < -0.39 is 0 Å². The number of aromatic nitrogens is 2. The topological polar surface area (TPSA) is 49.3 Å². The molecule has 1 aliphatic rings. The van der Waals surface area contributed by atoms with Crippen LogP contribution in [-0.2, 0) is 4.79 Å². The minimum Gasteiger partial charge on any atom is -0.356 e. The molecule has 2 heterocycles. The normalized spacial score (nSPS) is 14.3. The van der Waals surface area contributed by atoms with Crippen LogP contribution in [0.1, 0.15) is 39.5 Å². The van der Waals surface area contributed by atoms with Gasteiger partial charge in [-0.1, -0.05) is 37.2 Å². The van der Waals surface area contributed by atoms with Crippen LogP contribution in [-0.4, -0.2) is 52.7 Å². The third-order valence-corrected chi connectivity index (χ3v) is 4.78. The summed E-state index contributed by atoms with van der Waals surface area (Å²) in [5.41, 5.74) is 0. The summed E-state index contributed by atoms with van der Waals surface area (Å²) < 4.78 is 0. The average Bonchev–Trinajstić information content (AvgIpc) is 3.06. The maximum Gasteiger partial charge on any atom is 0.233 e. The van der Waals surface area contributed by atoms with Crippen molar-refractivity contribution in [2.24, 2.45) is 0 Å².